The third kappa shape index (κ3) is 3.18. The second-order valence-corrected chi connectivity index (χ2v) is 4.61. The van der Waals surface area contributed by atoms with E-state index >= 15 is 0 Å². The summed E-state index contributed by atoms with van der Waals surface area (Å²) in [7, 11) is 0. The summed E-state index contributed by atoms with van der Waals surface area (Å²) >= 11 is 0. The standard InChI is InChI=1S/C13H15NO6/c14-9(13(17)18)5-8(12(15)16)3-7-1-2-10-11(4-7)20-6-19-10/h1-2,4,8-9H,3,5-6,14H2,(H,15,16)(H,17,18)/t8?,9-/m0/s1. The number of carboxylic acid groups (broad SMARTS) is 2. The van der Waals surface area contributed by atoms with Gasteiger partial charge in [0, 0.05) is 0 Å². The molecule has 0 bridgehead atoms. The first kappa shape index (κ1) is 14.1. The van der Waals surface area contributed by atoms with Crippen LogP contribution in [0.5, 0.6) is 11.5 Å². The van der Waals surface area contributed by atoms with Gasteiger partial charge in [0.05, 0.1) is 5.92 Å². The lowest BCUT2D eigenvalue weighted by Crippen LogP contribution is -2.35. The van der Waals surface area contributed by atoms with Crippen LogP contribution in [0.15, 0.2) is 18.2 Å². The molecule has 1 aromatic carbocycles. The Balaban J connectivity index is 2.08. The summed E-state index contributed by atoms with van der Waals surface area (Å²) in [6.07, 6.45) is 0.0616. The molecule has 0 saturated carbocycles. The van der Waals surface area contributed by atoms with Gasteiger partial charge in [0.2, 0.25) is 6.79 Å². The zero-order valence-corrected chi connectivity index (χ0v) is 10.6. The Kier molecular flexibility index (Phi) is 4.09. The fourth-order valence-corrected chi connectivity index (χ4v) is 2.03. The Morgan fingerprint density at radius 2 is 1.90 bits per heavy atom. The van der Waals surface area contributed by atoms with Crippen molar-refractivity contribution in [2.45, 2.75) is 18.9 Å². The number of hydrogen-bond donors (Lipinski definition) is 3. The Morgan fingerprint density at radius 1 is 1.20 bits per heavy atom. The highest BCUT2D eigenvalue weighted by molar-refractivity contribution is 5.76. The van der Waals surface area contributed by atoms with Gasteiger partial charge in [0.15, 0.2) is 11.5 Å². The lowest BCUT2D eigenvalue weighted by atomic mass is 9.93. The van der Waals surface area contributed by atoms with Gasteiger partial charge in [-0.25, -0.2) is 0 Å². The molecule has 1 aromatic rings. The molecule has 1 aliphatic rings. The normalized spacial score (nSPS) is 15.7. The number of benzene rings is 1. The topological polar surface area (TPSA) is 119 Å². The second-order valence-electron chi connectivity index (χ2n) is 4.61. The van der Waals surface area contributed by atoms with Crippen molar-refractivity contribution in [3.05, 3.63) is 23.8 Å². The van der Waals surface area contributed by atoms with Gasteiger partial charge in [-0.05, 0) is 30.5 Å². The molecular weight excluding hydrogens is 266 g/mol. The van der Waals surface area contributed by atoms with E-state index in [1.54, 1.807) is 18.2 Å². The number of fused-ring (bicyclic) bond motifs is 1. The fraction of sp³-hybridized carbons (Fsp3) is 0.385. The molecule has 1 heterocycles. The molecule has 0 amide bonds. The molecule has 1 unspecified atom stereocenters. The Hall–Kier alpha value is -2.28. The molecule has 0 aliphatic carbocycles. The number of carboxylic acids is 2. The molecule has 2 rings (SSSR count). The van der Waals surface area contributed by atoms with Crippen LogP contribution in [0.3, 0.4) is 0 Å². The summed E-state index contributed by atoms with van der Waals surface area (Å²) in [6, 6.07) is 3.94. The van der Waals surface area contributed by atoms with E-state index in [0.717, 1.165) is 5.56 Å². The minimum atomic E-state index is -1.21. The van der Waals surface area contributed by atoms with Gasteiger partial charge in [-0.1, -0.05) is 6.07 Å². The molecule has 2 atom stereocenters. The zero-order valence-electron chi connectivity index (χ0n) is 10.6. The molecule has 1 aliphatic heterocycles. The van der Waals surface area contributed by atoms with Crippen molar-refractivity contribution in [3.8, 4) is 11.5 Å². The average molecular weight is 281 g/mol. The summed E-state index contributed by atoms with van der Waals surface area (Å²) in [5, 5.41) is 17.9. The van der Waals surface area contributed by atoms with Crippen LogP contribution in [-0.2, 0) is 16.0 Å². The minimum Gasteiger partial charge on any atom is -0.481 e. The third-order valence-electron chi connectivity index (χ3n) is 3.12. The van der Waals surface area contributed by atoms with E-state index < -0.39 is 23.9 Å². The Labute approximate surface area is 114 Å². The lowest BCUT2D eigenvalue weighted by Gasteiger charge is -2.15. The van der Waals surface area contributed by atoms with Crippen LogP contribution in [0.4, 0.5) is 0 Å². The van der Waals surface area contributed by atoms with Crippen molar-refractivity contribution < 1.29 is 29.3 Å². The Bertz CT molecular complexity index is 530. The third-order valence-corrected chi connectivity index (χ3v) is 3.12. The quantitative estimate of drug-likeness (QED) is 0.693. The highest BCUT2D eigenvalue weighted by Crippen LogP contribution is 2.33. The Morgan fingerprint density at radius 3 is 2.55 bits per heavy atom. The molecule has 0 saturated heterocycles. The largest absolute Gasteiger partial charge is 0.481 e. The van der Waals surface area contributed by atoms with E-state index in [0.29, 0.717) is 11.5 Å². The van der Waals surface area contributed by atoms with Crippen LogP contribution >= 0.6 is 0 Å². The maximum absolute atomic E-state index is 11.2. The van der Waals surface area contributed by atoms with Crippen molar-refractivity contribution in [1.82, 2.24) is 0 Å². The molecule has 20 heavy (non-hydrogen) atoms. The first-order chi connectivity index (χ1) is 9.47. The SMILES string of the molecule is N[C@@H](CC(Cc1ccc2c(c1)OCO2)C(=O)O)C(=O)O. The number of aliphatic carboxylic acids is 2. The van der Waals surface area contributed by atoms with Crippen molar-refractivity contribution in [1.29, 1.82) is 0 Å². The number of hydrogen-bond acceptors (Lipinski definition) is 5. The van der Waals surface area contributed by atoms with Crippen LogP contribution in [0.2, 0.25) is 0 Å². The predicted molar refractivity (Wildman–Crippen MR) is 67.6 cm³/mol. The van der Waals surface area contributed by atoms with Gasteiger partial charge in [0.25, 0.3) is 0 Å². The number of ether oxygens (including phenoxy) is 2. The van der Waals surface area contributed by atoms with Crippen molar-refractivity contribution in [2.24, 2.45) is 11.7 Å². The number of rotatable bonds is 6. The van der Waals surface area contributed by atoms with E-state index in [-0.39, 0.29) is 19.6 Å². The molecular formula is C13H15NO6. The minimum absolute atomic E-state index is 0.126. The van der Waals surface area contributed by atoms with Crippen LogP contribution in [0.1, 0.15) is 12.0 Å². The van der Waals surface area contributed by atoms with Crippen LogP contribution in [0, 0.1) is 5.92 Å². The molecule has 4 N–H and O–H groups in total. The van der Waals surface area contributed by atoms with Crippen LogP contribution < -0.4 is 15.2 Å². The van der Waals surface area contributed by atoms with Gasteiger partial charge in [-0.2, -0.15) is 0 Å². The summed E-state index contributed by atoms with van der Waals surface area (Å²) in [4.78, 5) is 21.9. The highest BCUT2D eigenvalue weighted by Gasteiger charge is 2.25. The average Bonchev–Trinajstić information content (AvgIpc) is 2.84. The van der Waals surface area contributed by atoms with E-state index in [4.69, 9.17) is 25.4 Å². The maximum Gasteiger partial charge on any atom is 0.320 e. The van der Waals surface area contributed by atoms with E-state index in [2.05, 4.69) is 0 Å². The van der Waals surface area contributed by atoms with Crippen LogP contribution in [-0.4, -0.2) is 35.0 Å². The van der Waals surface area contributed by atoms with E-state index in [9.17, 15) is 9.59 Å². The first-order valence-corrected chi connectivity index (χ1v) is 6.07. The summed E-state index contributed by atoms with van der Waals surface area (Å²) < 4.78 is 10.4. The van der Waals surface area contributed by atoms with E-state index in [1.165, 1.54) is 0 Å². The van der Waals surface area contributed by atoms with Gasteiger partial charge >= 0.3 is 11.9 Å². The highest BCUT2D eigenvalue weighted by atomic mass is 16.7. The molecule has 0 aromatic heterocycles. The molecule has 108 valence electrons. The van der Waals surface area contributed by atoms with Crippen molar-refractivity contribution in [2.75, 3.05) is 6.79 Å². The molecule has 0 radical (unpaired) electrons. The smallest absolute Gasteiger partial charge is 0.320 e. The summed E-state index contributed by atoms with van der Waals surface area (Å²) in [5.41, 5.74) is 6.13. The van der Waals surface area contributed by atoms with Gasteiger partial charge in [0.1, 0.15) is 6.04 Å². The van der Waals surface area contributed by atoms with Gasteiger partial charge < -0.3 is 25.4 Å². The molecule has 0 fully saturated rings. The summed E-state index contributed by atoms with van der Waals surface area (Å²) in [6.45, 7) is 0.144. The first-order valence-electron chi connectivity index (χ1n) is 6.07. The molecule has 0 spiro atoms. The number of nitrogens with two attached hydrogens (primary N) is 1. The van der Waals surface area contributed by atoms with E-state index in [1.807, 2.05) is 0 Å². The maximum atomic E-state index is 11.2. The van der Waals surface area contributed by atoms with Crippen LogP contribution in [0.25, 0.3) is 0 Å². The van der Waals surface area contributed by atoms with Gasteiger partial charge in [-0.3, -0.25) is 9.59 Å². The second kappa shape index (κ2) is 5.79. The molecule has 7 heteroatoms. The van der Waals surface area contributed by atoms with Crippen molar-refractivity contribution >= 4 is 11.9 Å². The van der Waals surface area contributed by atoms with Gasteiger partial charge in [-0.15, -0.1) is 0 Å². The predicted octanol–water partition coefficient (Wildman–Crippen LogP) is 0.461. The van der Waals surface area contributed by atoms with Crippen molar-refractivity contribution in [3.63, 3.8) is 0 Å². The fourth-order valence-electron chi connectivity index (χ4n) is 2.03. The monoisotopic (exact) mass is 281 g/mol. The summed E-state index contributed by atoms with van der Waals surface area (Å²) in [5.74, 6) is -1.96. The molecule has 7 nitrogen and oxygen atoms in total. The zero-order chi connectivity index (χ0) is 14.7. The lowest BCUT2D eigenvalue weighted by molar-refractivity contribution is -0.143. The number of carbonyl (C=O) groups is 2.